The molecule has 0 N–H and O–H groups in total. The Bertz CT molecular complexity index is 245. The molecule has 0 aromatic heterocycles. The lowest BCUT2D eigenvalue weighted by atomic mass is 10.4. The number of rotatable bonds is 0. The number of nitrogens with zero attached hydrogens (tertiary/aromatic N) is 3. The van der Waals surface area contributed by atoms with Gasteiger partial charge in [0.1, 0.15) is 0 Å². The van der Waals surface area contributed by atoms with Gasteiger partial charge >= 0.3 is 0 Å². The van der Waals surface area contributed by atoms with E-state index < -0.39 is 0 Å². The third-order valence-corrected chi connectivity index (χ3v) is 1.88. The van der Waals surface area contributed by atoms with E-state index in [0.29, 0.717) is 10.2 Å². The normalized spacial score (nSPS) is 16.9. The van der Waals surface area contributed by atoms with Crippen molar-refractivity contribution in [3.05, 3.63) is 15.9 Å². The minimum atomic E-state index is 0.354. The van der Waals surface area contributed by atoms with Crippen molar-refractivity contribution >= 4 is 21.8 Å². The van der Waals surface area contributed by atoms with Crippen LogP contribution in [0.15, 0.2) is 26.1 Å². The maximum absolute atomic E-state index is 8.35. The van der Waals surface area contributed by atoms with E-state index in [4.69, 9.17) is 5.41 Å². The van der Waals surface area contributed by atoms with Gasteiger partial charge in [0.2, 0.25) is 0 Å². The van der Waals surface area contributed by atoms with Crippen LogP contribution in [0.1, 0.15) is 6.92 Å². The third-order valence-electron chi connectivity index (χ3n) is 0.931. The Labute approximate surface area is 60.8 Å². The molecule has 0 aromatic rings. The monoisotopic (exact) mass is 184 g/mol. The first-order valence-corrected chi connectivity index (χ1v) is 3.10. The van der Waals surface area contributed by atoms with Gasteiger partial charge in [0, 0.05) is 5.87 Å². The zero-order valence-electron chi connectivity index (χ0n) is 4.72. The second-order valence-corrected chi connectivity index (χ2v) is 2.35. The average molecular weight is 185 g/mol. The SMILES string of the molecule is CC1=C(Br)C(=C=[N])N=N1. The molecule has 9 heavy (non-hydrogen) atoms. The molecule has 0 aliphatic carbocycles. The molecule has 1 aliphatic heterocycles. The van der Waals surface area contributed by atoms with E-state index in [1.54, 1.807) is 6.92 Å². The molecule has 0 spiro atoms. The number of hydrogen-bond acceptors (Lipinski definition) is 2. The first-order chi connectivity index (χ1) is 4.25. The molecule has 0 fully saturated rings. The Kier molecular flexibility index (Phi) is 1.60. The van der Waals surface area contributed by atoms with E-state index in [1.165, 1.54) is 0 Å². The van der Waals surface area contributed by atoms with Crippen molar-refractivity contribution in [2.75, 3.05) is 0 Å². The largest absolute Gasteiger partial charge is 0.165 e. The van der Waals surface area contributed by atoms with Crippen LogP contribution in [0.4, 0.5) is 0 Å². The maximum atomic E-state index is 8.35. The fourth-order valence-corrected chi connectivity index (χ4v) is 0.703. The fourth-order valence-electron chi connectivity index (χ4n) is 0.456. The van der Waals surface area contributed by atoms with Gasteiger partial charge in [-0.3, -0.25) is 0 Å². The third kappa shape index (κ3) is 0.992. The zero-order valence-corrected chi connectivity index (χ0v) is 6.31. The quantitative estimate of drug-likeness (QED) is 0.512. The standard InChI is InChI=1S/C5H3BrN3/c1-3-5(6)4(2-7)9-8-3/h1H3. The molecule has 0 atom stereocenters. The summed E-state index contributed by atoms with van der Waals surface area (Å²) in [4.78, 5) is 0. The van der Waals surface area contributed by atoms with E-state index >= 15 is 0 Å². The van der Waals surface area contributed by atoms with E-state index in [-0.39, 0.29) is 0 Å². The van der Waals surface area contributed by atoms with Gasteiger partial charge in [-0.05, 0) is 22.9 Å². The zero-order chi connectivity index (χ0) is 6.85. The van der Waals surface area contributed by atoms with Crippen molar-refractivity contribution in [1.29, 1.82) is 0 Å². The summed E-state index contributed by atoms with van der Waals surface area (Å²) in [6, 6.07) is 0. The van der Waals surface area contributed by atoms with Crippen LogP contribution in [-0.4, -0.2) is 5.87 Å². The first-order valence-electron chi connectivity index (χ1n) is 2.31. The predicted octanol–water partition coefficient (Wildman–Crippen LogP) is 1.43. The van der Waals surface area contributed by atoms with Crippen LogP contribution in [0, 0.1) is 0 Å². The van der Waals surface area contributed by atoms with Gasteiger partial charge in [0.05, 0.1) is 10.2 Å². The van der Waals surface area contributed by atoms with Crippen molar-refractivity contribution in [2.24, 2.45) is 10.2 Å². The summed E-state index contributed by atoms with van der Waals surface area (Å²) in [5, 5.41) is 15.6. The molecule has 0 aromatic carbocycles. The minimum Gasteiger partial charge on any atom is -0.153 e. The number of halogens is 1. The lowest BCUT2D eigenvalue weighted by Crippen LogP contribution is -1.73. The van der Waals surface area contributed by atoms with Gasteiger partial charge in [-0.2, -0.15) is 5.11 Å². The highest BCUT2D eigenvalue weighted by molar-refractivity contribution is 9.12. The summed E-state index contributed by atoms with van der Waals surface area (Å²) in [5.74, 6) is 1.90. The fraction of sp³-hybridized carbons (Fsp3) is 0.200. The molecule has 0 bridgehead atoms. The summed E-state index contributed by atoms with van der Waals surface area (Å²) in [5.41, 5.74) is 1.11. The van der Waals surface area contributed by atoms with Gasteiger partial charge in [-0.1, -0.05) is 5.41 Å². The smallest absolute Gasteiger partial charge is 0.153 e. The van der Waals surface area contributed by atoms with Crippen LogP contribution in [0.2, 0.25) is 0 Å². The van der Waals surface area contributed by atoms with E-state index in [0.717, 1.165) is 5.70 Å². The summed E-state index contributed by atoms with van der Waals surface area (Å²) >= 11 is 3.16. The van der Waals surface area contributed by atoms with Crippen molar-refractivity contribution in [3.63, 3.8) is 0 Å². The molecular weight excluding hydrogens is 182 g/mol. The van der Waals surface area contributed by atoms with Crippen molar-refractivity contribution < 1.29 is 0 Å². The molecule has 1 rings (SSSR count). The number of allylic oxidation sites excluding steroid dienone is 2. The average Bonchev–Trinajstić information content (AvgIpc) is 2.15. The lowest BCUT2D eigenvalue weighted by Gasteiger charge is -1.82. The molecule has 45 valence electrons. The molecule has 1 heterocycles. The molecule has 0 unspecified atom stereocenters. The Morgan fingerprint density at radius 3 is 2.44 bits per heavy atom. The van der Waals surface area contributed by atoms with Crippen LogP contribution >= 0.6 is 15.9 Å². The number of azo groups is 1. The number of hydrogen-bond donors (Lipinski definition) is 0. The van der Waals surface area contributed by atoms with Crippen molar-refractivity contribution in [2.45, 2.75) is 6.92 Å². The second-order valence-electron chi connectivity index (χ2n) is 1.56. The first kappa shape index (κ1) is 6.39. The van der Waals surface area contributed by atoms with Crippen LogP contribution < -0.4 is 5.41 Å². The summed E-state index contributed by atoms with van der Waals surface area (Å²) in [6.45, 7) is 1.79. The topological polar surface area (TPSA) is 47.0 Å². The molecular formula is C5H3BrN3. The van der Waals surface area contributed by atoms with Crippen molar-refractivity contribution in [3.8, 4) is 0 Å². The van der Waals surface area contributed by atoms with Crippen LogP contribution in [0.5, 0.6) is 0 Å². The molecule has 0 saturated heterocycles. The van der Waals surface area contributed by atoms with Gasteiger partial charge in [-0.25, -0.2) is 0 Å². The Morgan fingerprint density at radius 1 is 1.56 bits per heavy atom. The highest BCUT2D eigenvalue weighted by Crippen LogP contribution is 2.27. The Hall–Kier alpha value is -0.730. The Morgan fingerprint density at radius 2 is 2.22 bits per heavy atom. The van der Waals surface area contributed by atoms with Crippen molar-refractivity contribution in [1.82, 2.24) is 5.41 Å². The molecule has 0 amide bonds. The van der Waals surface area contributed by atoms with Crippen LogP contribution in [0.25, 0.3) is 0 Å². The van der Waals surface area contributed by atoms with Crippen LogP contribution in [-0.2, 0) is 0 Å². The molecule has 3 nitrogen and oxygen atoms in total. The summed E-state index contributed by atoms with van der Waals surface area (Å²) < 4.78 is 0.699. The van der Waals surface area contributed by atoms with Crippen LogP contribution in [0.3, 0.4) is 0 Å². The van der Waals surface area contributed by atoms with Gasteiger partial charge in [0.15, 0.2) is 5.70 Å². The van der Waals surface area contributed by atoms with Gasteiger partial charge < -0.3 is 0 Å². The van der Waals surface area contributed by atoms with E-state index in [1.807, 2.05) is 5.87 Å². The highest BCUT2D eigenvalue weighted by atomic mass is 79.9. The van der Waals surface area contributed by atoms with Gasteiger partial charge in [-0.15, -0.1) is 5.11 Å². The summed E-state index contributed by atoms with van der Waals surface area (Å²) in [7, 11) is 0. The van der Waals surface area contributed by atoms with E-state index in [9.17, 15) is 0 Å². The molecule has 1 radical (unpaired) electrons. The maximum Gasteiger partial charge on any atom is 0.165 e. The molecule has 4 heteroatoms. The highest BCUT2D eigenvalue weighted by Gasteiger charge is 2.10. The second kappa shape index (κ2) is 2.25. The van der Waals surface area contributed by atoms with Gasteiger partial charge in [0.25, 0.3) is 0 Å². The molecule has 1 aliphatic rings. The van der Waals surface area contributed by atoms with E-state index in [2.05, 4.69) is 26.2 Å². The predicted molar refractivity (Wildman–Crippen MR) is 37.1 cm³/mol. The minimum absolute atomic E-state index is 0.354. The lowest BCUT2D eigenvalue weighted by molar-refractivity contribution is 1.17. The Balaban J connectivity index is 3.15. The summed E-state index contributed by atoms with van der Waals surface area (Å²) in [6.07, 6.45) is 0. The molecule has 0 saturated carbocycles.